The molecule has 4 atom stereocenters. The number of carbonyl (C=O) groups excluding carboxylic acids is 1. The highest BCUT2D eigenvalue weighted by atomic mass is 16.4. The summed E-state index contributed by atoms with van der Waals surface area (Å²) in [6.45, 7) is 1.58. The molecule has 3 aliphatic rings. The zero-order valence-corrected chi connectivity index (χ0v) is 14.6. The van der Waals surface area contributed by atoms with Crippen LogP contribution in [0.3, 0.4) is 0 Å². The first-order valence-electron chi connectivity index (χ1n) is 9.69. The van der Waals surface area contributed by atoms with E-state index in [4.69, 9.17) is 0 Å². The molecule has 134 valence electrons. The Kier molecular flexibility index (Phi) is 4.53. The Morgan fingerprint density at radius 3 is 2.24 bits per heavy atom. The van der Waals surface area contributed by atoms with E-state index in [9.17, 15) is 14.7 Å². The molecule has 1 aliphatic heterocycles. The minimum atomic E-state index is -0.760. The van der Waals surface area contributed by atoms with E-state index in [0.29, 0.717) is 11.8 Å². The SMILES string of the molecule is O=C(O)[C@@H]1[C@H]2CC[C@@H](C2)[C@@H]1C(=O)N1CCC(Cc2ccccc2)CC1. The fourth-order valence-electron chi connectivity index (χ4n) is 5.52. The average molecular weight is 341 g/mol. The van der Waals surface area contributed by atoms with Crippen LogP contribution >= 0.6 is 0 Å². The molecule has 1 saturated heterocycles. The third-order valence-corrected chi connectivity index (χ3v) is 6.78. The number of carboxylic acid groups (broad SMARTS) is 1. The summed E-state index contributed by atoms with van der Waals surface area (Å²) in [6, 6.07) is 10.5. The molecule has 3 fully saturated rings. The lowest BCUT2D eigenvalue weighted by Crippen LogP contribution is -2.46. The maximum Gasteiger partial charge on any atom is 0.307 e. The van der Waals surface area contributed by atoms with E-state index in [-0.39, 0.29) is 17.7 Å². The number of hydrogen-bond acceptors (Lipinski definition) is 2. The Morgan fingerprint density at radius 1 is 0.960 bits per heavy atom. The van der Waals surface area contributed by atoms with E-state index in [1.807, 2.05) is 11.0 Å². The molecule has 4 rings (SSSR count). The maximum atomic E-state index is 13.0. The van der Waals surface area contributed by atoms with Gasteiger partial charge in [-0.15, -0.1) is 0 Å². The van der Waals surface area contributed by atoms with Crippen molar-refractivity contribution in [1.82, 2.24) is 4.90 Å². The third-order valence-electron chi connectivity index (χ3n) is 6.78. The highest BCUT2D eigenvalue weighted by Crippen LogP contribution is 2.53. The van der Waals surface area contributed by atoms with E-state index < -0.39 is 11.9 Å². The van der Waals surface area contributed by atoms with Crippen LogP contribution in [0, 0.1) is 29.6 Å². The Morgan fingerprint density at radius 2 is 1.60 bits per heavy atom. The summed E-state index contributed by atoms with van der Waals surface area (Å²) in [7, 11) is 0. The standard InChI is InChI=1S/C21H27NO3/c23-20(18-16-6-7-17(13-16)19(18)21(24)25)22-10-8-15(9-11-22)12-14-4-2-1-3-5-14/h1-5,15-19H,6-13H2,(H,24,25)/t16-,17-,18-,19+/m0/s1. The van der Waals surface area contributed by atoms with Crippen molar-refractivity contribution < 1.29 is 14.7 Å². The molecule has 4 heteroatoms. The normalized spacial score (nSPS) is 32.1. The zero-order valence-electron chi connectivity index (χ0n) is 14.6. The van der Waals surface area contributed by atoms with Gasteiger partial charge in [-0.2, -0.15) is 0 Å². The highest BCUT2D eigenvalue weighted by Gasteiger charge is 2.54. The summed E-state index contributed by atoms with van der Waals surface area (Å²) >= 11 is 0. The molecule has 1 amide bonds. The number of fused-ring (bicyclic) bond motifs is 2. The van der Waals surface area contributed by atoms with Crippen molar-refractivity contribution in [3.8, 4) is 0 Å². The van der Waals surface area contributed by atoms with Gasteiger partial charge in [-0.05, 0) is 61.8 Å². The average Bonchev–Trinajstić information content (AvgIpc) is 3.24. The van der Waals surface area contributed by atoms with Crippen molar-refractivity contribution in [3.05, 3.63) is 35.9 Å². The molecule has 1 heterocycles. The lowest BCUT2D eigenvalue weighted by atomic mass is 9.78. The van der Waals surface area contributed by atoms with E-state index in [1.165, 1.54) is 5.56 Å². The fraction of sp³-hybridized carbons (Fsp3) is 0.619. The van der Waals surface area contributed by atoms with Crippen molar-refractivity contribution in [2.24, 2.45) is 29.6 Å². The second kappa shape index (κ2) is 6.81. The summed E-state index contributed by atoms with van der Waals surface area (Å²) < 4.78 is 0. The number of benzene rings is 1. The molecule has 2 aliphatic carbocycles. The first-order chi connectivity index (χ1) is 12.1. The molecule has 1 aromatic carbocycles. The number of nitrogens with zero attached hydrogens (tertiary/aromatic N) is 1. The molecule has 0 radical (unpaired) electrons. The van der Waals surface area contributed by atoms with Crippen LogP contribution in [-0.4, -0.2) is 35.0 Å². The number of hydrogen-bond donors (Lipinski definition) is 1. The van der Waals surface area contributed by atoms with E-state index in [0.717, 1.165) is 51.6 Å². The van der Waals surface area contributed by atoms with E-state index in [2.05, 4.69) is 24.3 Å². The summed E-state index contributed by atoms with van der Waals surface area (Å²) in [5, 5.41) is 9.59. The Bertz CT molecular complexity index is 636. The van der Waals surface area contributed by atoms with Gasteiger partial charge in [0.2, 0.25) is 5.91 Å². The van der Waals surface area contributed by atoms with E-state index >= 15 is 0 Å². The summed E-state index contributed by atoms with van der Waals surface area (Å²) in [4.78, 5) is 26.7. The smallest absolute Gasteiger partial charge is 0.307 e. The van der Waals surface area contributed by atoms with Crippen LogP contribution in [-0.2, 0) is 16.0 Å². The summed E-state index contributed by atoms with van der Waals surface area (Å²) in [6.07, 6.45) is 6.10. The number of piperidine rings is 1. The van der Waals surface area contributed by atoms with Gasteiger partial charge in [0.15, 0.2) is 0 Å². The lowest BCUT2D eigenvalue weighted by molar-refractivity contribution is -0.153. The van der Waals surface area contributed by atoms with Gasteiger partial charge in [0.25, 0.3) is 0 Å². The molecule has 4 nitrogen and oxygen atoms in total. The monoisotopic (exact) mass is 341 g/mol. The van der Waals surface area contributed by atoms with Gasteiger partial charge in [0.1, 0.15) is 0 Å². The maximum absolute atomic E-state index is 13.0. The second-order valence-corrected chi connectivity index (χ2v) is 8.18. The predicted octanol–water partition coefficient (Wildman–Crippen LogP) is 3.21. The number of carboxylic acids is 1. The van der Waals surface area contributed by atoms with Crippen LogP contribution in [0.5, 0.6) is 0 Å². The Labute approximate surface area is 149 Å². The molecule has 0 aromatic heterocycles. The molecule has 0 spiro atoms. The van der Waals surface area contributed by atoms with Gasteiger partial charge in [0.05, 0.1) is 11.8 Å². The second-order valence-electron chi connectivity index (χ2n) is 8.18. The van der Waals surface area contributed by atoms with Gasteiger partial charge in [-0.1, -0.05) is 30.3 Å². The topological polar surface area (TPSA) is 57.6 Å². The van der Waals surface area contributed by atoms with Gasteiger partial charge in [-0.25, -0.2) is 0 Å². The number of rotatable bonds is 4. The number of amides is 1. The summed E-state index contributed by atoms with van der Waals surface area (Å²) in [5.74, 6) is -0.174. The van der Waals surface area contributed by atoms with E-state index in [1.54, 1.807) is 0 Å². The van der Waals surface area contributed by atoms with Crippen molar-refractivity contribution in [3.63, 3.8) is 0 Å². The molecular weight excluding hydrogens is 314 g/mol. The first kappa shape index (κ1) is 16.6. The molecule has 2 bridgehead atoms. The Balaban J connectivity index is 1.36. The van der Waals surface area contributed by atoms with Crippen molar-refractivity contribution in [1.29, 1.82) is 0 Å². The largest absolute Gasteiger partial charge is 0.481 e. The number of carbonyl (C=O) groups is 2. The Hall–Kier alpha value is -1.84. The highest BCUT2D eigenvalue weighted by molar-refractivity contribution is 5.86. The van der Waals surface area contributed by atoms with Crippen LogP contribution in [0.15, 0.2) is 30.3 Å². The molecule has 0 unspecified atom stereocenters. The number of aliphatic carboxylic acids is 1. The van der Waals surface area contributed by atoms with Gasteiger partial charge < -0.3 is 10.0 Å². The van der Waals surface area contributed by atoms with Crippen molar-refractivity contribution in [2.45, 2.75) is 38.5 Å². The third kappa shape index (κ3) is 3.19. The van der Waals surface area contributed by atoms with Crippen LogP contribution in [0.25, 0.3) is 0 Å². The molecular formula is C21H27NO3. The predicted molar refractivity (Wildman–Crippen MR) is 94.9 cm³/mol. The van der Waals surface area contributed by atoms with Gasteiger partial charge >= 0.3 is 5.97 Å². The fourth-order valence-corrected chi connectivity index (χ4v) is 5.52. The molecule has 25 heavy (non-hydrogen) atoms. The van der Waals surface area contributed by atoms with Gasteiger partial charge in [0, 0.05) is 13.1 Å². The van der Waals surface area contributed by atoms with Crippen LogP contribution in [0.4, 0.5) is 0 Å². The number of likely N-dealkylation sites (tertiary alicyclic amines) is 1. The minimum Gasteiger partial charge on any atom is -0.481 e. The molecule has 2 saturated carbocycles. The van der Waals surface area contributed by atoms with Crippen LogP contribution in [0.2, 0.25) is 0 Å². The van der Waals surface area contributed by atoms with Crippen molar-refractivity contribution >= 4 is 11.9 Å². The quantitative estimate of drug-likeness (QED) is 0.915. The zero-order chi connectivity index (χ0) is 17.4. The summed E-state index contributed by atoms with van der Waals surface area (Å²) in [5.41, 5.74) is 1.37. The molecule has 1 aromatic rings. The van der Waals surface area contributed by atoms with Crippen LogP contribution < -0.4 is 0 Å². The van der Waals surface area contributed by atoms with Gasteiger partial charge in [-0.3, -0.25) is 9.59 Å². The van der Waals surface area contributed by atoms with Crippen LogP contribution in [0.1, 0.15) is 37.7 Å². The molecule has 1 N–H and O–H groups in total. The van der Waals surface area contributed by atoms with Crippen molar-refractivity contribution in [2.75, 3.05) is 13.1 Å². The first-order valence-corrected chi connectivity index (χ1v) is 9.69. The minimum absolute atomic E-state index is 0.123. The lowest BCUT2D eigenvalue weighted by Gasteiger charge is -2.37.